The van der Waals surface area contributed by atoms with E-state index in [1.54, 1.807) is 19.1 Å². The Balaban J connectivity index is 2.86. The van der Waals surface area contributed by atoms with Gasteiger partial charge in [-0.1, -0.05) is 11.6 Å². The predicted octanol–water partition coefficient (Wildman–Crippen LogP) is 1.50. The maximum absolute atomic E-state index is 11.2. The van der Waals surface area contributed by atoms with Gasteiger partial charge < -0.3 is 11.1 Å². The molecule has 1 atom stereocenters. The molecule has 0 aliphatic carbocycles. The molecule has 4 nitrogen and oxygen atoms in total. The molecule has 5 heteroatoms. The van der Waals surface area contributed by atoms with Gasteiger partial charge in [0, 0.05) is 5.69 Å². The quantitative estimate of drug-likeness (QED) is 0.798. The van der Waals surface area contributed by atoms with Gasteiger partial charge in [-0.3, -0.25) is 4.79 Å². The first-order valence-electron chi connectivity index (χ1n) is 4.30. The van der Waals surface area contributed by atoms with Gasteiger partial charge in [0.2, 0.25) is 5.91 Å². The fourth-order valence-corrected chi connectivity index (χ4v) is 1.16. The van der Waals surface area contributed by atoms with E-state index in [9.17, 15) is 4.79 Å². The number of nitrogens with two attached hydrogens (primary N) is 1. The molecule has 0 fully saturated rings. The second-order valence-electron chi connectivity index (χ2n) is 3.08. The summed E-state index contributed by atoms with van der Waals surface area (Å²) in [5.41, 5.74) is 6.28. The number of anilines is 1. The van der Waals surface area contributed by atoms with Crippen molar-refractivity contribution in [1.29, 1.82) is 5.26 Å². The van der Waals surface area contributed by atoms with E-state index in [4.69, 9.17) is 22.6 Å². The molecule has 0 aliphatic heterocycles. The number of hydrogen-bond acceptors (Lipinski definition) is 3. The van der Waals surface area contributed by atoms with Crippen LogP contribution in [0.25, 0.3) is 0 Å². The van der Waals surface area contributed by atoms with Crippen LogP contribution in [-0.2, 0) is 4.79 Å². The zero-order valence-corrected chi connectivity index (χ0v) is 8.88. The number of hydrogen-bond donors (Lipinski definition) is 2. The average molecular weight is 224 g/mol. The highest BCUT2D eigenvalue weighted by molar-refractivity contribution is 6.32. The molecule has 0 aliphatic rings. The lowest BCUT2D eigenvalue weighted by molar-refractivity contribution is -0.117. The van der Waals surface area contributed by atoms with Gasteiger partial charge in [-0.05, 0) is 25.1 Å². The van der Waals surface area contributed by atoms with E-state index in [1.807, 2.05) is 6.07 Å². The van der Waals surface area contributed by atoms with E-state index in [1.165, 1.54) is 6.07 Å². The smallest absolute Gasteiger partial charge is 0.240 e. The molecule has 1 aromatic rings. The summed E-state index contributed by atoms with van der Waals surface area (Å²) in [7, 11) is 0. The van der Waals surface area contributed by atoms with Crippen LogP contribution in [0.3, 0.4) is 0 Å². The summed E-state index contributed by atoms with van der Waals surface area (Å²) in [6.07, 6.45) is 0. The first kappa shape index (κ1) is 11.5. The Hall–Kier alpha value is -1.57. The summed E-state index contributed by atoms with van der Waals surface area (Å²) in [5.74, 6) is -0.296. The predicted molar refractivity (Wildman–Crippen MR) is 58.4 cm³/mol. The minimum absolute atomic E-state index is 0.296. The van der Waals surface area contributed by atoms with Crippen molar-refractivity contribution in [2.45, 2.75) is 13.0 Å². The molecule has 1 aromatic carbocycles. The number of amides is 1. The van der Waals surface area contributed by atoms with Gasteiger partial charge in [0.1, 0.15) is 6.07 Å². The lowest BCUT2D eigenvalue weighted by atomic mass is 10.2. The highest BCUT2D eigenvalue weighted by Crippen LogP contribution is 2.20. The Bertz CT molecular complexity index is 423. The third-order valence-corrected chi connectivity index (χ3v) is 2.08. The Morgan fingerprint density at radius 1 is 1.67 bits per heavy atom. The van der Waals surface area contributed by atoms with Gasteiger partial charge in [0.25, 0.3) is 0 Å². The summed E-state index contributed by atoms with van der Waals surface area (Å²) < 4.78 is 0. The molecule has 1 amide bonds. The summed E-state index contributed by atoms with van der Waals surface area (Å²) in [4.78, 5) is 11.2. The van der Waals surface area contributed by atoms with Crippen molar-refractivity contribution in [3.05, 3.63) is 28.8 Å². The number of nitrogens with one attached hydrogen (secondary N) is 1. The minimum Gasteiger partial charge on any atom is -0.325 e. The Labute approximate surface area is 92.6 Å². The molecule has 0 bridgehead atoms. The number of nitriles is 1. The summed E-state index contributed by atoms with van der Waals surface area (Å²) >= 11 is 5.79. The standard InChI is InChI=1S/C10H10ClN3O/c1-6(13)10(15)14-8-3-2-7(5-12)9(11)4-8/h2-4,6H,13H2,1H3,(H,14,15). The Kier molecular flexibility index (Phi) is 3.67. The molecule has 1 unspecified atom stereocenters. The highest BCUT2D eigenvalue weighted by atomic mass is 35.5. The van der Waals surface area contributed by atoms with Crippen LogP contribution in [0, 0.1) is 11.3 Å². The average Bonchev–Trinajstić information content (AvgIpc) is 2.18. The van der Waals surface area contributed by atoms with E-state index >= 15 is 0 Å². The summed E-state index contributed by atoms with van der Waals surface area (Å²) in [6.45, 7) is 1.58. The number of carbonyl (C=O) groups is 1. The van der Waals surface area contributed by atoms with Crippen molar-refractivity contribution in [1.82, 2.24) is 0 Å². The first-order valence-corrected chi connectivity index (χ1v) is 4.68. The second kappa shape index (κ2) is 4.78. The van der Waals surface area contributed by atoms with Crippen LogP contribution in [0.2, 0.25) is 5.02 Å². The monoisotopic (exact) mass is 223 g/mol. The highest BCUT2D eigenvalue weighted by Gasteiger charge is 2.08. The van der Waals surface area contributed by atoms with Crippen molar-refractivity contribution < 1.29 is 4.79 Å². The van der Waals surface area contributed by atoms with Crippen molar-refractivity contribution in [3.63, 3.8) is 0 Å². The number of halogens is 1. The number of benzene rings is 1. The van der Waals surface area contributed by atoms with Crippen molar-refractivity contribution >= 4 is 23.2 Å². The zero-order valence-electron chi connectivity index (χ0n) is 8.12. The molecule has 0 saturated heterocycles. The molecule has 0 radical (unpaired) electrons. The third-order valence-electron chi connectivity index (χ3n) is 1.77. The lowest BCUT2D eigenvalue weighted by Gasteiger charge is -2.08. The van der Waals surface area contributed by atoms with Gasteiger partial charge in [-0.2, -0.15) is 5.26 Å². The maximum atomic E-state index is 11.2. The molecule has 1 rings (SSSR count). The van der Waals surface area contributed by atoms with E-state index < -0.39 is 6.04 Å². The van der Waals surface area contributed by atoms with Crippen molar-refractivity contribution in [2.24, 2.45) is 5.73 Å². The lowest BCUT2D eigenvalue weighted by Crippen LogP contribution is -2.32. The van der Waals surface area contributed by atoms with Crippen LogP contribution < -0.4 is 11.1 Å². The van der Waals surface area contributed by atoms with E-state index in [2.05, 4.69) is 5.32 Å². The fourth-order valence-electron chi connectivity index (χ4n) is 0.940. The first-order chi connectivity index (χ1) is 7.04. The molecule has 3 N–H and O–H groups in total. The molecule has 78 valence electrons. The van der Waals surface area contributed by atoms with E-state index in [-0.39, 0.29) is 5.91 Å². The van der Waals surface area contributed by atoms with Crippen LogP contribution in [0.1, 0.15) is 12.5 Å². The third kappa shape index (κ3) is 2.94. The molecule has 0 heterocycles. The fraction of sp³-hybridized carbons (Fsp3) is 0.200. The molecular formula is C10H10ClN3O. The Morgan fingerprint density at radius 3 is 2.80 bits per heavy atom. The maximum Gasteiger partial charge on any atom is 0.240 e. The van der Waals surface area contributed by atoms with Crippen LogP contribution in [0.5, 0.6) is 0 Å². The molecule has 0 spiro atoms. The van der Waals surface area contributed by atoms with Gasteiger partial charge >= 0.3 is 0 Å². The van der Waals surface area contributed by atoms with Crippen LogP contribution in [0.4, 0.5) is 5.69 Å². The Morgan fingerprint density at radius 2 is 2.33 bits per heavy atom. The SMILES string of the molecule is CC(N)C(=O)Nc1ccc(C#N)c(Cl)c1. The van der Waals surface area contributed by atoms with E-state index in [0.29, 0.717) is 16.3 Å². The van der Waals surface area contributed by atoms with Gasteiger partial charge in [-0.15, -0.1) is 0 Å². The van der Waals surface area contributed by atoms with Crippen LogP contribution in [-0.4, -0.2) is 11.9 Å². The summed E-state index contributed by atoms with van der Waals surface area (Å²) in [6, 6.07) is 6.00. The zero-order chi connectivity index (χ0) is 11.4. The minimum atomic E-state index is -0.584. The molecule has 15 heavy (non-hydrogen) atoms. The summed E-state index contributed by atoms with van der Waals surface area (Å²) in [5, 5.41) is 11.5. The number of nitrogens with zero attached hydrogens (tertiary/aromatic N) is 1. The van der Waals surface area contributed by atoms with Crippen molar-refractivity contribution in [2.75, 3.05) is 5.32 Å². The molecular weight excluding hydrogens is 214 g/mol. The van der Waals surface area contributed by atoms with Gasteiger partial charge in [0.05, 0.1) is 16.6 Å². The van der Waals surface area contributed by atoms with Gasteiger partial charge in [0.15, 0.2) is 0 Å². The van der Waals surface area contributed by atoms with Crippen LogP contribution >= 0.6 is 11.6 Å². The van der Waals surface area contributed by atoms with Gasteiger partial charge in [-0.25, -0.2) is 0 Å². The molecule has 0 saturated carbocycles. The topological polar surface area (TPSA) is 78.9 Å². The number of carbonyl (C=O) groups excluding carboxylic acids is 1. The second-order valence-corrected chi connectivity index (χ2v) is 3.49. The van der Waals surface area contributed by atoms with E-state index in [0.717, 1.165) is 0 Å². The largest absolute Gasteiger partial charge is 0.325 e. The normalized spacial score (nSPS) is 11.6. The van der Waals surface area contributed by atoms with Crippen molar-refractivity contribution in [3.8, 4) is 6.07 Å². The van der Waals surface area contributed by atoms with Crippen LogP contribution in [0.15, 0.2) is 18.2 Å². The molecule has 0 aromatic heterocycles. The number of rotatable bonds is 2.